The van der Waals surface area contributed by atoms with E-state index < -0.39 is 0 Å². The van der Waals surface area contributed by atoms with Gasteiger partial charge >= 0.3 is 0 Å². The van der Waals surface area contributed by atoms with Crippen molar-refractivity contribution >= 4 is 34.8 Å². The minimum atomic E-state index is -0.274. The molecule has 0 heterocycles. The Morgan fingerprint density at radius 3 is 2.67 bits per heavy atom. The average molecular weight is 328 g/mol. The fourth-order valence-corrected chi connectivity index (χ4v) is 2.13. The Hall–Kier alpha value is -1.33. The third kappa shape index (κ3) is 7.87. The number of nitrogens with one attached hydrogen (secondary N) is 3. The number of halogens is 1. The molecule has 21 heavy (non-hydrogen) atoms. The van der Waals surface area contributed by atoms with E-state index in [0.717, 1.165) is 13.0 Å². The second-order valence-electron chi connectivity index (χ2n) is 4.76. The zero-order valence-corrected chi connectivity index (χ0v) is 13.8. The standard InChI is InChI=1S/C15H22ClN3OS/c1-2-3-4-5-6-10-17-15(21)19-18-14(20)12-8-7-9-13(16)11-12/h7-9,11H,2-6,10H2,1H3,(H,18,20)(H2,17,19,21). The van der Waals surface area contributed by atoms with E-state index in [1.54, 1.807) is 24.3 Å². The maximum Gasteiger partial charge on any atom is 0.269 e. The number of hydrogen-bond acceptors (Lipinski definition) is 2. The molecule has 0 radical (unpaired) electrons. The first-order chi connectivity index (χ1) is 10.1. The van der Waals surface area contributed by atoms with Gasteiger partial charge in [0.05, 0.1) is 0 Å². The van der Waals surface area contributed by atoms with Crippen molar-refractivity contribution in [3.63, 3.8) is 0 Å². The number of thiocarbonyl (C=S) groups is 1. The lowest BCUT2D eigenvalue weighted by Crippen LogP contribution is -2.46. The molecule has 0 aliphatic rings. The number of hydrazine groups is 1. The van der Waals surface area contributed by atoms with Crippen molar-refractivity contribution in [3.05, 3.63) is 34.9 Å². The number of carbonyl (C=O) groups excluding carboxylic acids is 1. The minimum Gasteiger partial charge on any atom is -0.361 e. The van der Waals surface area contributed by atoms with Crippen LogP contribution in [0.15, 0.2) is 24.3 Å². The zero-order chi connectivity index (χ0) is 15.5. The van der Waals surface area contributed by atoms with E-state index >= 15 is 0 Å². The van der Waals surface area contributed by atoms with Crippen LogP contribution >= 0.6 is 23.8 Å². The molecule has 0 saturated carbocycles. The van der Waals surface area contributed by atoms with Crippen molar-refractivity contribution in [2.45, 2.75) is 39.0 Å². The van der Waals surface area contributed by atoms with Gasteiger partial charge in [-0.3, -0.25) is 15.6 Å². The van der Waals surface area contributed by atoms with Crippen molar-refractivity contribution in [1.29, 1.82) is 0 Å². The van der Waals surface area contributed by atoms with Gasteiger partial charge in [0.15, 0.2) is 5.11 Å². The predicted octanol–water partition coefficient (Wildman–Crippen LogP) is 3.42. The van der Waals surface area contributed by atoms with E-state index in [1.807, 2.05) is 0 Å². The molecular formula is C15H22ClN3OS. The largest absolute Gasteiger partial charge is 0.361 e. The molecule has 0 aromatic heterocycles. The van der Waals surface area contributed by atoms with Crippen LogP contribution in [0.3, 0.4) is 0 Å². The van der Waals surface area contributed by atoms with Crippen molar-refractivity contribution in [2.75, 3.05) is 6.54 Å². The van der Waals surface area contributed by atoms with E-state index in [1.165, 1.54) is 25.7 Å². The highest BCUT2D eigenvalue weighted by atomic mass is 35.5. The molecule has 1 amide bonds. The van der Waals surface area contributed by atoms with E-state index in [9.17, 15) is 4.79 Å². The highest BCUT2D eigenvalue weighted by Crippen LogP contribution is 2.10. The Morgan fingerprint density at radius 1 is 1.19 bits per heavy atom. The van der Waals surface area contributed by atoms with Gasteiger partial charge in [-0.2, -0.15) is 0 Å². The van der Waals surface area contributed by atoms with Crippen LogP contribution in [0.2, 0.25) is 5.02 Å². The third-order valence-corrected chi connectivity index (χ3v) is 3.42. The molecule has 0 spiro atoms. The van der Waals surface area contributed by atoms with Gasteiger partial charge in [-0.25, -0.2) is 0 Å². The van der Waals surface area contributed by atoms with Crippen LogP contribution in [-0.2, 0) is 0 Å². The molecule has 6 heteroatoms. The SMILES string of the molecule is CCCCCCCNC(=S)NNC(=O)c1cccc(Cl)c1. The summed E-state index contributed by atoms with van der Waals surface area (Å²) in [5, 5.41) is 4.00. The number of amides is 1. The molecule has 1 rings (SSSR count). The third-order valence-electron chi connectivity index (χ3n) is 2.94. The van der Waals surface area contributed by atoms with E-state index in [4.69, 9.17) is 23.8 Å². The summed E-state index contributed by atoms with van der Waals surface area (Å²) in [6.45, 7) is 3.00. The molecule has 0 unspecified atom stereocenters. The maximum absolute atomic E-state index is 11.8. The lowest BCUT2D eigenvalue weighted by Gasteiger charge is -2.11. The Bertz CT molecular complexity index is 468. The summed E-state index contributed by atoms with van der Waals surface area (Å²) in [5.74, 6) is -0.274. The van der Waals surface area contributed by atoms with Crippen LogP contribution in [0, 0.1) is 0 Å². The van der Waals surface area contributed by atoms with E-state index in [-0.39, 0.29) is 5.91 Å². The minimum absolute atomic E-state index is 0.274. The number of rotatable bonds is 7. The first-order valence-electron chi connectivity index (χ1n) is 7.23. The van der Waals surface area contributed by atoms with Crippen LogP contribution in [0.1, 0.15) is 49.4 Å². The van der Waals surface area contributed by atoms with Crippen molar-refractivity contribution in [3.8, 4) is 0 Å². The second-order valence-corrected chi connectivity index (χ2v) is 5.60. The van der Waals surface area contributed by atoms with Gasteiger partial charge in [0.2, 0.25) is 0 Å². The Labute approximate surface area is 136 Å². The lowest BCUT2D eigenvalue weighted by atomic mass is 10.1. The van der Waals surface area contributed by atoms with Gasteiger partial charge in [0.25, 0.3) is 5.91 Å². The molecule has 1 aromatic carbocycles. The number of hydrogen-bond donors (Lipinski definition) is 3. The average Bonchev–Trinajstić information content (AvgIpc) is 2.48. The van der Waals surface area contributed by atoms with Crippen molar-refractivity contribution < 1.29 is 4.79 Å². The van der Waals surface area contributed by atoms with Gasteiger partial charge in [-0.15, -0.1) is 0 Å². The molecule has 0 bridgehead atoms. The summed E-state index contributed by atoms with van der Waals surface area (Å²) in [5.41, 5.74) is 5.70. The molecule has 0 aliphatic heterocycles. The van der Waals surface area contributed by atoms with Gasteiger partial charge in [-0.05, 0) is 36.8 Å². The Kier molecular flexibility index (Phi) is 8.78. The fourth-order valence-electron chi connectivity index (χ4n) is 1.79. The first-order valence-corrected chi connectivity index (χ1v) is 8.02. The summed E-state index contributed by atoms with van der Waals surface area (Å²) in [4.78, 5) is 11.8. The van der Waals surface area contributed by atoms with Crippen LogP contribution in [0.4, 0.5) is 0 Å². The van der Waals surface area contributed by atoms with Crippen molar-refractivity contribution in [1.82, 2.24) is 16.2 Å². The molecule has 3 N–H and O–H groups in total. The Balaban J connectivity index is 2.16. The summed E-state index contributed by atoms with van der Waals surface area (Å²) in [6.07, 6.45) is 6.04. The van der Waals surface area contributed by atoms with Gasteiger partial charge < -0.3 is 5.32 Å². The van der Waals surface area contributed by atoms with E-state index in [0.29, 0.717) is 15.7 Å². The van der Waals surface area contributed by atoms with Gasteiger partial charge in [0, 0.05) is 17.1 Å². The van der Waals surface area contributed by atoms with Crippen LogP contribution in [0.25, 0.3) is 0 Å². The normalized spacial score (nSPS) is 10.0. The number of unbranched alkanes of at least 4 members (excludes halogenated alkanes) is 4. The van der Waals surface area contributed by atoms with Crippen molar-refractivity contribution in [2.24, 2.45) is 0 Å². The summed E-state index contributed by atoms with van der Waals surface area (Å²) in [6, 6.07) is 6.73. The highest BCUT2D eigenvalue weighted by Gasteiger charge is 2.05. The zero-order valence-electron chi connectivity index (χ0n) is 12.2. The number of carbonyl (C=O) groups is 1. The highest BCUT2D eigenvalue weighted by molar-refractivity contribution is 7.80. The summed E-state index contributed by atoms with van der Waals surface area (Å²) in [7, 11) is 0. The van der Waals surface area contributed by atoms with E-state index in [2.05, 4.69) is 23.1 Å². The summed E-state index contributed by atoms with van der Waals surface area (Å²) < 4.78 is 0. The lowest BCUT2D eigenvalue weighted by molar-refractivity contribution is 0.0943. The molecule has 1 aromatic rings. The quantitative estimate of drug-likeness (QED) is 0.408. The molecule has 0 atom stereocenters. The molecule has 0 fully saturated rings. The van der Waals surface area contributed by atoms with Crippen LogP contribution < -0.4 is 16.2 Å². The molecular weight excluding hydrogens is 306 g/mol. The second kappa shape index (κ2) is 10.4. The Morgan fingerprint density at radius 2 is 1.95 bits per heavy atom. The molecule has 4 nitrogen and oxygen atoms in total. The van der Waals surface area contributed by atoms with Gasteiger partial charge in [0.1, 0.15) is 0 Å². The topological polar surface area (TPSA) is 53.2 Å². The smallest absolute Gasteiger partial charge is 0.269 e. The molecule has 0 saturated heterocycles. The molecule has 116 valence electrons. The number of benzene rings is 1. The monoisotopic (exact) mass is 327 g/mol. The molecule has 0 aliphatic carbocycles. The summed E-state index contributed by atoms with van der Waals surface area (Å²) >= 11 is 10.9. The van der Waals surface area contributed by atoms with Gasteiger partial charge in [-0.1, -0.05) is 50.3 Å². The maximum atomic E-state index is 11.8. The predicted molar refractivity (Wildman–Crippen MR) is 91.4 cm³/mol. The fraction of sp³-hybridized carbons (Fsp3) is 0.467. The van der Waals surface area contributed by atoms with Crippen LogP contribution in [0.5, 0.6) is 0 Å². The first kappa shape index (κ1) is 17.7. The van der Waals surface area contributed by atoms with Crippen LogP contribution in [-0.4, -0.2) is 17.6 Å².